The van der Waals surface area contributed by atoms with Gasteiger partial charge in [0.15, 0.2) is 0 Å². The van der Waals surface area contributed by atoms with Crippen molar-refractivity contribution in [2.75, 3.05) is 26.8 Å². The van der Waals surface area contributed by atoms with Gasteiger partial charge in [0.2, 0.25) is 0 Å². The highest BCUT2D eigenvalue weighted by Gasteiger charge is 2.30. The van der Waals surface area contributed by atoms with Gasteiger partial charge in [0.1, 0.15) is 0 Å². The van der Waals surface area contributed by atoms with Crippen molar-refractivity contribution in [1.29, 1.82) is 0 Å². The molecular formula is C15H21NO3. The van der Waals surface area contributed by atoms with Gasteiger partial charge < -0.3 is 9.84 Å². The summed E-state index contributed by atoms with van der Waals surface area (Å²) in [7, 11) is 1.70. The van der Waals surface area contributed by atoms with Crippen molar-refractivity contribution in [1.82, 2.24) is 4.90 Å². The summed E-state index contributed by atoms with van der Waals surface area (Å²) in [4.78, 5) is 13.6. The number of benzene rings is 1. The van der Waals surface area contributed by atoms with Crippen LogP contribution < -0.4 is 0 Å². The predicted octanol–water partition coefficient (Wildman–Crippen LogP) is 1.95. The summed E-state index contributed by atoms with van der Waals surface area (Å²) in [5.74, 6) is -0.749. The van der Waals surface area contributed by atoms with Crippen LogP contribution in [0.4, 0.5) is 0 Å². The first kappa shape index (κ1) is 14.0. The molecule has 1 N–H and O–H groups in total. The van der Waals surface area contributed by atoms with E-state index in [-0.39, 0.29) is 0 Å². The Morgan fingerprint density at radius 3 is 2.95 bits per heavy atom. The summed E-state index contributed by atoms with van der Waals surface area (Å²) in [6.07, 6.45) is 0. The zero-order valence-electron chi connectivity index (χ0n) is 11.5. The van der Waals surface area contributed by atoms with Crippen molar-refractivity contribution in [2.24, 2.45) is 5.92 Å². The number of carbonyl (C=O) groups is 1. The average molecular weight is 263 g/mol. The van der Waals surface area contributed by atoms with E-state index >= 15 is 0 Å². The Morgan fingerprint density at radius 1 is 1.53 bits per heavy atom. The van der Waals surface area contributed by atoms with Gasteiger partial charge in [-0.1, -0.05) is 31.2 Å². The van der Waals surface area contributed by atoms with E-state index in [0.717, 1.165) is 24.2 Å². The molecule has 19 heavy (non-hydrogen) atoms. The first-order chi connectivity index (χ1) is 9.11. The van der Waals surface area contributed by atoms with E-state index in [1.165, 1.54) is 0 Å². The standard InChI is InChI=1S/C15H21NO3/c1-11(10-19-2)7-16-8-12-5-3-4-6-13(12)14(9-16)15(17)18/h3-6,11,14H,7-10H2,1-2H3,(H,17,18). The van der Waals surface area contributed by atoms with Gasteiger partial charge in [-0.05, 0) is 17.0 Å². The van der Waals surface area contributed by atoms with Crippen LogP contribution in [0.25, 0.3) is 0 Å². The molecule has 104 valence electrons. The van der Waals surface area contributed by atoms with Crippen molar-refractivity contribution in [3.05, 3.63) is 35.4 Å². The lowest BCUT2D eigenvalue weighted by atomic mass is 9.89. The molecule has 0 saturated heterocycles. The lowest BCUT2D eigenvalue weighted by molar-refractivity contribution is -0.139. The van der Waals surface area contributed by atoms with Crippen molar-refractivity contribution in [3.63, 3.8) is 0 Å². The number of hydrogen-bond donors (Lipinski definition) is 1. The minimum absolute atomic E-state index is 0.407. The Hall–Kier alpha value is -1.39. The van der Waals surface area contributed by atoms with E-state index in [1.54, 1.807) is 7.11 Å². The normalized spacial score (nSPS) is 20.8. The summed E-state index contributed by atoms with van der Waals surface area (Å²) >= 11 is 0. The van der Waals surface area contributed by atoms with Gasteiger partial charge in [-0.3, -0.25) is 9.69 Å². The number of nitrogens with zero attached hydrogens (tertiary/aromatic N) is 1. The molecule has 0 radical (unpaired) electrons. The van der Waals surface area contributed by atoms with Crippen LogP contribution in [0.15, 0.2) is 24.3 Å². The summed E-state index contributed by atoms with van der Waals surface area (Å²) in [5, 5.41) is 9.39. The fourth-order valence-corrected chi connectivity index (χ4v) is 2.81. The maximum Gasteiger partial charge on any atom is 0.312 e. The van der Waals surface area contributed by atoms with E-state index in [4.69, 9.17) is 4.74 Å². The number of aliphatic carboxylic acids is 1. The van der Waals surface area contributed by atoms with Gasteiger partial charge in [-0.15, -0.1) is 0 Å². The Bertz CT molecular complexity index is 447. The van der Waals surface area contributed by atoms with Gasteiger partial charge >= 0.3 is 5.97 Å². The van der Waals surface area contributed by atoms with Gasteiger partial charge in [0, 0.05) is 33.4 Å². The van der Waals surface area contributed by atoms with Gasteiger partial charge in [0.25, 0.3) is 0 Å². The number of carboxylic acids is 1. The Kier molecular flexibility index (Phi) is 4.56. The number of rotatable bonds is 5. The minimum atomic E-state index is -0.739. The second-order valence-corrected chi connectivity index (χ2v) is 5.34. The second kappa shape index (κ2) is 6.17. The van der Waals surface area contributed by atoms with Crippen molar-refractivity contribution < 1.29 is 14.6 Å². The molecule has 1 aliphatic rings. The van der Waals surface area contributed by atoms with Crippen LogP contribution in [-0.4, -0.2) is 42.8 Å². The first-order valence-electron chi connectivity index (χ1n) is 6.63. The number of ether oxygens (including phenoxy) is 1. The first-order valence-corrected chi connectivity index (χ1v) is 6.63. The smallest absolute Gasteiger partial charge is 0.312 e. The maximum atomic E-state index is 11.4. The lowest BCUT2D eigenvalue weighted by Gasteiger charge is -2.34. The molecule has 0 aliphatic carbocycles. The highest BCUT2D eigenvalue weighted by atomic mass is 16.5. The molecule has 0 saturated carbocycles. The van der Waals surface area contributed by atoms with Crippen molar-refractivity contribution in [2.45, 2.75) is 19.4 Å². The SMILES string of the molecule is COCC(C)CN1Cc2ccccc2C(C(=O)O)C1. The van der Waals surface area contributed by atoms with Crippen molar-refractivity contribution in [3.8, 4) is 0 Å². The minimum Gasteiger partial charge on any atom is -0.481 e. The molecule has 4 nitrogen and oxygen atoms in total. The molecule has 0 aromatic heterocycles. The lowest BCUT2D eigenvalue weighted by Crippen LogP contribution is -2.39. The molecular weight excluding hydrogens is 242 g/mol. The van der Waals surface area contributed by atoms with Crippen molar-refractivity contribution >= 4 is 5.97 Å². The van der Waals surface area contributed by atoms with E-state index in [9.17, 15) is 9.90 Å². The molecule has 1 heterocycles. The van der Waals surface area contributed by atoms with Gasteiger partial charge in [0.05, 0.1) is 5.92 Å². The number of carboxylic acid groups (broad SMARTS) is 1. The summed E-state index contributed by atoms with van der Waals surface area (Å²) in [6.45, 7) is 5.11. The van der Waals surface area contributed by atoms with E-state index < -0.39 is 11.9 Å². The van der Waals surface area contributed by atoms with E-state index in [0.29, 0.717) is 19.1 Å². The highest BCUT2D eigenvalue weighted by Crippen LogP contribution is 2.28. The van der Waals surface area contributed by atoms with Gasteiger partial charge in [-0.2, -0.15) is 0 Å². The molecule has 0 spiro atoms. The van der Waals surface area contributed by atoms with Crippen LogP contribution in [0.2, 0.25) is 0 Å². The molecule has 1 aliphatic heterocycles. The molecule has 0 amide bonds. The third-order valence-electron chi connectivity index (χ3n) is 3.58. The van der Waals surface area contributed by atoms with Crippen LogP contribution in [0.1, 0.15) is 24.0 Å². The number of hydrogen-bond acceptors (Lipinski definition) is 3. The quantitative estimate of drug-likeness (QED) is 0.882. The monoisotopic (exact) mass is 263 g/mol. The highest BCUT2D eigenvalue weighted by molar-refractivity contribution is 5.77. The predicted molar refractivity (Wildman–Crippen MR) is 73.1 cm³/mol. The molecule has 2 unspecified atom stereocenters. The third kappa shape index (κ3) is 3.33. The molecule has 1 aromatic rings. The molecule has 2 atom stereocenters. The topological polar surface area (TPSA) is 49.8 Å². The maximum absolute atomic E-state index is 11.4. The Balaban J connectivity index is 2.13. The van der Waals surface area contributed by atoms with E-state index in [2.05, 4.69) is 11.8 Å². The van der Waals surface area contributed by atoms with Crippen LogP contribution in [0.3, 0.4) is 0 Å². The third-order valence-corrected chi connectivity index (χ3v) is 3.58. The van der Waals surface area contributed by atoms with Gasteiger partial charge in [-0.25, -0.2) is 0 Å². The fraction of sp³-hybridized carbons (Fsp3) is 0.533. The molecule has 2 rings (SSSR count). The van der Waals surface area contributed by atoms with Crippen LogP contribution in [-0.2, 0) is 16.1 Å². The van der Waals surface area contributed by atoms with Crippen LogP contribution >= 0.6 is 0 Å². The Morgan fingerprint density at radius 2 is 2.26 bits per heavy atom. The summed E-state index contributed by atoms with van der Waals surface area (Å²) in [5.41, 5.74) is 2.09. The molecule has 0 fully saturated rings. The zero-order valence-corrected chi connectivity index (χ0v) is 11.5. The summed E-state index contributed by atoms with van der Waals surface area (Å²) < 4.78 is 5.15. The zero-order chi connectivity index (χ0) is 13.8. The van der Waals surface area contributed by atoms with E-state index in [1.807, 2.05) is 24.3 Å². The number of fused-ring (bicyclic) bond motifs is 1. The largest absolute Gasteiger partial charge is 0.481 e. The Labute approximate surface area is 114 Å². The molecule has 1 aromatic carbocycles. The number of methoxy groups -OCH3 is 1. The molecule has 4 heteroatoms. The van der Waals surface area contributed by atoms with Crippen LogP contribution in [0.5, 0.6) is 0 Å². The molecule has 0 bridgehead atoms. The average Bonchev–Trinajstić information content (AvgIpc) is 2.37. The second-order valence-electron chi connectivity index (χ2n) is 5.34. The van der Waals surface area contributed by atoms with Crippen LogP contribution in [0, 0.1) is 5.92 Å². The fourth-order valence-electron chi connectivity index (χ4n) is 2.81. The summed E-state index contributed by atoms with van der Waals surface area (Å²) in [6, 6.07) is 7.85.